The second-order valence-electron chi connectivity index (χ2n) is 6.23. The molecule has 3 N–H and O–H groups in total. The molecule has 0 aliphatic carbocycles. The smallest absolute Gasteiger partial charge is 0.126 e. The molecule has 0 amide bonds. The highest BCUT2D eigenvalue weighted by atomic mass is 16.5. The van der Waals surface area contributed by atoms with E-state index in [9.17, 15) is 0 Å². The first kappa shape index (κ1) is 17.4. The lowest BCUT2D eigenvalue weighted by molar-refractivity contribution is 0.169. The van der Waals surface area contributed by atoms with Crippen LogP contribution in [-0.4, -0.2) is 32.9 Å². The topological polar surface area (TPSA) is 65.7 Å². The summed E-state index contributed by atoms with van der Waals surface area (Å²) in [6, 6.07) is 13.6. The van der Waals surface area contributed by atoms with E-state index in [4.69, 9.17) is 19.9 Å². The first-order chi connectivity index (χ1) is 12.2. The number of rotatable bonds is 8. The fraction of sp³-hybridized carbons (Fsp3) is 0.400. The molecule has 5 heteroatoms. The van der Waals surface area contributed by atoms with Crippen molar-refractivity contribution in [2.45, 2.75) is 25.4 Å². The van der Waals surface area contributed by atoms with E-state index in [2.05, 4.69) is 11.4 Å². The van der Waals surface area contributed by atoms with Crippen LogP contribution in [0.5, 0.6) is 17.2 Å². The molecule has 0 radical (unpaired) electrons. The lowest BCUT2D eigenvalue weighted by Crippen LogP contribution is -2.35. The molecule has 25 heavy (non-hydrogen) atoms. The van der Waals surface area contributed by atoms with E-state index in [-0.39, 0.29) is 6.10 Å². The van der Waals surface area contributed by atoms with Gasteiger partial charge in [-0.3, -0.25) is 0 Å². The number of benzene rings is 2. The molecule has 0 spiro atoms. The van der Waals surface area contributed by atoms with Gasteiger partial charge in [0, 0.05) is 24.4 Å². The fourth-order valence-corrected chi connectivity index (χ4v) is 2.93. The minimum atomic E-state index is 0.203. The Morgan fingerprint density at radius 2 is 2.12 bits per heavy atom. The van der Waals surface area contributed by atoms with Gasteiger partial charge in [0.15, 0.2) is 0 Å². The summed E-state index contributed by atoms with van der Waals surface area (Å²) in [6.07, 6.45) is 3.22. The lowest BCUT2D eigenvalue weighted by atomic mass is 10.0. The van der Waals surface area contributed by atoms with Gasteiger partial charge in [-0.2, -0.15) is 0 Å². The minimum Gasteiger partial charge on any atom is -0.497 e. The average molecular weight is 342 g/mol. The maximum absolute atomic E-state index is 6.08. The molecule has 1 heterocycles. The molecule has 0 bridgehead atoms. The summed E-state index contributed by atoms with van der Waals surface area (Å²) in [5, 5.41) is 3.45. The largest absolute Gasteiger partial charge is 0.497 e. The quantitative estimate of drug-likeness (QED) is 0.570. The molecule has 0 saturated heterocycles. The Balaban J connectivity index is 1.34. The van der Waals surface area contributed by atoms with Gasteiger partial charge in [-0.15, -0.1) is 0 Å². The van der Waals surface area contributed by atoms with Crippen LogP contribution < -0.4 is 25.3 Å². The van der Waals surface area contributed by atoms with Gasteiger partial charge in [0.05, 0.1) is 13.7 Å². The number of methoxy groups -OCH3 is 1. The van der Waals surface area contributed by atoms with Gasteiger partial charge in [-0.1, -0.05) is 12.1 Å². The molecule has 1 aliphatic rings. The van der Waals surface area contributed by atoms with Gasteiger partial charge in [0.1, 0.15) is 23.4 Å². The van der Waals surface area contributed by atoms with Crippen LogP contribution in [0.2, 0.25) is 0 Å². The highest BCUT2D eigenvalue weighted by Gasteiger charge is 2.19. The van der Waals surface area contributed by atoms with E-state index in [1.54, 1.807) is 7.11 Å². The van der Waals surface area contributed by atoms with Crippen LogP contribution in [0.1, 0.15) is 18.4 Å². The maximum Gasteiger partial charge on any atom is 0.126 e. The molecule has 3 rings (SSSR count). The first-order valence-electron chi connectivity index (χ1n) is 8.77. The van der Waals surface area contributed by atoms with Crippen molar-refractivity contribution in [3.63, 3.8) is 0 Å². The molecule has 0 fully saturated rings. The molecule has 2 aromatic rings. The van der Waals surface area contributed by atoms with E-state index in [0.717, 1.165) is 55.3 Å². The van der Waals surface area contributed by atoms with Crippen molar-refractivity contribution in [2.24, 2.45) is 0 Å². The van der Waals surface area contributed by atoms with Crippen molar-refractivity contribution in [3.8, 4) is 17.2 Å². The third kappa shape index (κ3) is 5.03. The number of nitrogens with two attached hydrogens (primary N) is 1. The van der Waals surface area contributed by atoms with Gasteiger partial charge >= 0.3 is 0 Å². The van der Waals surface area contributed by atoms with Crippen LogP contribution in [0.25, 0.3) is 0 Å². The Morgan fingerprint density at radius 1 is 1.20 bits per heavy atom. The standard InChI is InChI=1S/C20H26N2O3/c1-23-17-8-6-15-7-9-19(25-20(15)13-17)14-22-10-3-11-24-18-5-2-4-16(21)12-18/h2,4-6,8,12-13,19,22H,3,7,9-11,14,21H2,1H3. The number of anilines is 1. The Morgan fingerprint density at radius 3 is 2.96 bits per heavy atom. The third-order valence-corrected chi connectivity index (χ3v) is 4.30. The maximum atomic E-state index is 6.08. The van der Waals surface area contributed by atoms with Crippen molar-refractivity contribution in [3.05, 3.63) is 48.0 Å². The van der Waals surface area contributed by atoms with Crippen molar-refractivity contribution in [1.29, 1.82) is 0 Å². The third-order valence-electron chi connectivity index (χ3n) is 4.30. The number of hydrogen-bond acceptors (Lipinski definition) is 5. The van der Waals surface area contributed by atoms with Gasteiger partial charge < -0.3 is 25.3 Å². The Bertz CT molecular complexity index is 690. The van der Waals surface area contributed by atoms with E-state index in [0.29, 0.717) is 6.61 Å². The summed E-state index contributed by atoms with van der Waals surface area (Å²) in [7, 11) is 1.68. The number of hydrogen-bond donors (Lipinski definition) is 2. The molecule has 5 nitrogen and oxygen atoms in total. The first-order valence-corrected chi connectivity index (χ1v) is 8.77. The monoisotopic (exact) mass is 342 g/mol. The molecule has 0 aromatic heterocycles. The Hall–Kier alpha value is -2.40. The van der Waals surface area contributed by atoms with Crippen LogP contribution >= 0.6 is 0 Å². The zero-order valence-corrected chi connectivity index (χ0v) is 14.7. The number of nitrogen functional groups attached to an aromatic ring is 1. The molecule has 1 unspecified atom stereocenters. The number of fused-ring (bicyclic) bond motifs is 1. The lowest BCUT2D eigenvalue weighted by Gasteiger charge is -2.26. The SMILES string of the molecule is COc1ccc2c(c1)OC(CNCCCOc1cccc(N)c1)CC2. The van der Waals surface area contributed by atoms with E-state index in [1.807, 2.05) is 36.4 Å². The number of ether oxygens (including phenoxy) is 3. The normalized spacial score (nSPS) is 16.0. The second kappa shape index (κ2) is 8.62. The summed E-state index contributed by atoms with van der Waals surface area (Å²) in [5.41, 5.74) is 7.71. The van der Waals surface area contributed by atoms with Gasteiger partial charge in [-0.05, 0) is 49.6 Å². The second-order valence-corrected chi connectivity index (χ2v) is 6.23. The van der Waals surface area contributed by atoms with E-state index >= 15 is 0 Å². The number of nitrogens with one attached hydrogen (secondary N) is 1. The fourth-order valence-electron chi connectivity index (χ4n) is 2.93. The van der Waals surface area contributed by atoms with Gasteiger partial charge in [0.2, 0.25) is 0 Å². The summed E-state index contributed by atoms with van der Waals surface area (Å²) < 4.78 is 17.0. The molecule has 0 saturated carbocycles. The molecule has 1 aliphatic heterocycles. The van der Waals surface area contributed by atoms with Crippen LogP contribution in [0.15, 0.2) is 42.5 Å². The van der Waals surface area contributed by atoms with Crippen LogP contribution in [-0.2, 0) is 6.42 Å². The van der Waals surface area contributed by atoms with Crippen LogP contribution in [0.4, 0.5) is 5.69 Å². The van der Waals surface area contributed by atoms with E-state index < -0.39 is 0 Å². The zero-order chi connectivity index (χ0) is 17.5. The summed E-state index contributed by atoms with van der Waals surface area (Å²) in [5.74, 6) is 2.61. The summed E-state index contributed by atoms with van der Waals surface area (Å²) in [4.78, 5) is 0. The Kier molecular flexibility index (Phi) is 6.01. The molecule has 134 valence electrons. The molecule has 2 aromatic carbocycles. The van der Waals surface area contributed by atoms with Crippen molar-refractivity contribution < 1.29 is 14.2 Å². The average Bonchev–Trinajstić information content (AvgIpc) is 2.64. The Labute approximate surface area is 149 Å². The summed E-state index contributed by atoms with van der Waals surface area (Å²) in [6.45, 7) is 2.41. The molecular formula is C20H26N2O3. The molecular weight excluding hydrogens is 316 g/mol. The zero-order valence-electron chi connectivity index (χ0n) is 14.7. The highest BCUT2D eigenvalue weighted by Crippen LogP contribution is 2.31. The minimum absolute atomic E-state index is 0.203. The van der Waals surface area contributed by atoms with Crippen molar-refractivity contribution in [2.75, 3.05) is 32.5 Å². The van der Waals surface area contributed by atoms with Crippen molar-refractivity contribution in [1.82, 2.24) is 5.32 Å². The van der Waals surface area contributed by atoms with E-state index in [1.165, 1.54) is 5.56 Å². The predicted molar refractivity (Wildman–Crippen MR) is 99.6 cm³/mol. The van der Waals surface area contributed by atoms with Crippen molar-refractivity contribution >= 4 is 5.69 Å². The number of aryl methyl sites for hydroxylation is 1. The van der Waals surface area contributed by atoms with Crippen LogP contribution in [0, 0.1) is 0 Å². The van der Waals surface area contributed by atoms with Gasteiger partial charge in [-0.25, -0.2) is 0 Å². The molecule has 1 atom stereocenters. The highest BCUT2D eigenvalue weighted by molar-refractivity contribution is 5.43. The predicted octanol–water partition coefficient (Wildman–Crippen LogP) is 3.03. The van der Waals surface area contributed by atoms with Gasteiger partial charge in [0.25, 0.3) is 0 Å². The summed E-state index contributed by atoms with van der Waals surface area (Å²) >= 11 is 0. The van der Waals surface area contributed by atoms with Crippen LogP contribution in [0.3, 0.4) is 0 Å².